The minimum absolute atomic E-state index is 0.156. The van der Waals surface area contributed by atoms with E-state index in [4.69, 9.17) is 15.1 Å². The van der Waals surface area contributed by atoms with E-state index in [9.17, 15) is 4.79 Å². The lowest BCUT2D eigenvalue weighted by atomic mass is 10.0. The Labute approximate surface area is 210 Å². The number of hydrogen-bond donors (Lipinski definition) is 1. The Kier molecular flexibility index (Phi) is 6.88. The minimum Gasteiger partial charge on any atom is -0.313 e. The number of likely N-dealkylation sites (N-methyl/N-ethyl adjacent to an activating group) is 1. The first-order chi connectivity index (χ1) is 17.1. The zero-order valence-electron chi connectivity index (χ0n) is 20.6. The third-order valence-electron chi connectivity index (χ3n) is 6.45. The first kappa shape index (κ1) is 23.6. The van der Waals surface area contributed by atoms with E-state index < -0.39 is 0 Å². The van der Waals surface area contributed by atoms with Gasteiger partial charge in [-0.3, -0.25) is 9.78 Å². The maximum absolute atomic E-state index is 12.3. The Morgan fingerprint density at radius 3 is 2.77 bits per heavy atom. The SMILES string of the molecule is CCCc1ccc(-c2nn(-c3ccccc3C)c3c2CCCc2nc(CC(=O)CNC)sc2-3)cn1. The van der Waals surface area contributed by atoms with Crippen LogP contribution in [0.2, 0.25) is 0 Å². The second kappa shape index (κ2) is 10.2. The molecule has 0 aliphatic heterocycles. The summed E-state index contributed by atoms with van der Waals surface area (Å²) in [5, 5.41) is 9.02. The lowest BCUT2D eigenvalue weighted by Gasteiger charge is -2.10. The van der Waals surface area contributed by atoms with E-state index in [1.807, 2.05) is 6.20 Å². The van der Waals surface area contributed by atoms with E-state index in [-0.39, 0.29) is 5.78 Å². The maximum Gasteiger partial charge on any atom is 0.153 e. The summed E-state index contributed by atoms with van der Waals surface area (Å²) in [5.41, 5.74) is 8.83. The van der Waals surface area contributed by atoms with E-state index in [2.05, 4.69) is 60.2 Å². The molecule has 5 rings (SSSR count). The topological polar surface area (TPSA) is 72.7 Å². The largest absolute Gasteiger partial charge is 0.313 e. The molecule has 0 bridgehead atoms. The Hall–Kier alpha value is -3.16. The van der Waals surface area contributed by atoms with Crippen LogP contribution in [0.25, 0.3) is 27.5 Å². The fourth-order valence-electron chi connectivity index (χ4n) is 4.79. The Bertz CT molecular complexity index is 1350. The number of para-hydroxylation sites is 1. The van der Waals surface area contributed by atoms with E-state index in [1.54, 1.807) is 18.4 Å². The summed E-state index contributed by atoms with van der Waals surface area (Å²) in [6, 6.07) is 12.6. The fraction of sp³-hybridized carbons (Fsp3) is 0.357. The molecular weight excluding hydrogens is 454 g/mol. The van der Waals surface area contributed by atoms with Gasteiger partial charge in [0.2, 0.25) is 0 Å². The van der Waals surface area contributed by atoms with Crippen LogP contribution in [0.1, 0.15) is 47.3 Å². The molecule has 0 atom stereocenters. The Morgan fingerprint density at radius 2 is 2.03 bits per heavy atom. The summed E-state index contributed by atoms with van der Waals surface area (Å²) < 4.78 is 2.10. The van der Waals surface area contributed by atoms with Crippen molar-refractivity contribution in [1.82, 2.24) is 25.1 Å². The number of carbonyl (C=O) groups excluding carboxylic acids is 1. The van der Waals surface area contributed by atoms with Gasteiger partial charge in [-0.2, -0.15) is 5.10 Å². The number of Topliss-reactive ketones (excluding diaryl/α,β-unsaturated/α-hetero) is 1. The van der Waals surface area contributed by atoms with E-state index in [0.717, 1.165) is 76.0 Å². The van der Waals surface area contributed by atoms with Crippen molar-refractivity contribution in [3.05, 3.63) is 70.1 Å². The van der Waals surface area contributed by atoms with Crippen LogP contribution in [0, 0.1) is 6.92 Å². The third-order valence-corrected chi connectivity index (χ3v) is 7.56. The van der Waals surface area contributed by atoms with E-state index in [0.29, 0.717) is 13.0 Å². The number of rotatable bonds is 8. The van der Waals surface area contributed by atoms with Crippen LogP contribution in [0.15, 0.2) is 42.6 Å². The molecule has 4 aromatic rings. The summed E-state index contributed by atoms with van der Waals surface area (Å²) in [6.07, 6.45) is 7.23. The van der Waals surface area contributed by atoms with Crippen molar-refractivity contribution in [3.8, 4) is 27.5 Å². The molecule has 0 spiro atoms. The Balaban J connectivity index is 1.67. The van der Waals surface area contributed by atoms with Gasteiger partial charge in [0, 0.05) is 23.0 Å². The van der Waals surface area contributed by atoms with Crippen molar-refractivity contribution in [2.24, 2.45) is 0 Å². The van der Waals surface area contributed by atoms with Crippen molar-refractivity contribution in [2.75, 3.05) is 13.6 Å². The zero-order valence-corrected chi connectivity index (χ0v) is 21.4. The van der Waals surface area contributed by atoms with Crippen molar-refractivity contribution in [2.45, 2.75) is 52.4 Å². The van der Waals surface area contributed by atoms with E-state index >= 15 is 0 Å². The molecule has 7 heteroatoms. The van der Waals surface area contributed by atoms with Gasteiger partial charge in [0.05, 0.1) is 40.6 Å². The number of nitrogens with one attached hydrogen (secondary N) is 1. The molecular formula is C28H31N5OS. The molecule has 3 aromatic heterocycles. The number of fused-ring (bicyclic) bond motifs is 3. The molecule has 0 saturated heterocycles. The van der Waals surface area contributed by atoms with Gasteiger partial charge >= 0.3 is 0 Å². The molecule has 0 amide bonds. The van der Waals surface area contributed by atoms with Crippen LogP contribution >= 0.6 is 11.3 Å². The molecule has 35 heavy (non-hydrogen) atoms. The first-order valence-corrected chi connectivity index (χ1v) is 13.2. The van der Waals surface area contributed by atoms with Crippen LogP contribution in [-0.2, 0) is 30.5 Å². The molecule has 1 N–H and O–H groups in total. The number of ketones is 1. The monoisotopic (exact) mass is 485 g/mol. The quantitative estimate of drug-likeness (QED) is 0.374. The summed E-state index contributed by atoms with van der Waals surface area (Å²) in [5.74, 6) is 0.156. The normalized spacial score (nSPS) is 12.8. The summed E-state index contributed by atoms with van der Waals surface area (Å²) in [7, 11) is 1.80. The van der Waals surface area contributed by atoms with Crippen molar-refractivity contribution < 1.29 is 4.79 Å². The molecule has 180 valence electrons. The number of pyridine rings is 1. The van der Waals surface area contributed by atoms with E-state index in [1.165, 1.54) is 11.1 Å². The fourth-order valence-corrected chi connectivity index (χ4v) is 5.98. The van der Waals surface area contributed by atoms with Gasteiger partial charge in [0.25, 0.3) is 0 Å². The molecule has 6 nitrogen and oxygen atoms in total. The highest BCUT2D eigenvalue weighted by Gasteiger charge is 2.29. The van der Waals surface area contributed by atoms with Gasteiger partial charge in [0.15, 0.2) is 5.78 Å². The molecule has 1 aliphatic carbocycles. The van der Waals surface area contributed by atoms with Crippen LogP contribution in [0.5, 0.6) is 0 Å². The number of hydrogen-bond acceptors (Lipinski definition) is 6. The van der Waals surface area contributed by atoms with Crippen LogP contribution in [-0.4, -0.2) is 39.1 Å². The van der Waals surface area contributed by atoms with Gasteiger partial charge in [-0.25, -0.2) is 9.67 Å². The number of aromatic nitrogens is 4. The van der Waals surface area contributed by atoms with Crippen molar-refractivity contribution in [3.63, 3.8) is 0 Å². The van der Waals surface area contributed by atoms with Gasteiger partial charge < -0.3 is 5.32 Å². The first-order valence-electron chi connectivity index (χ1n) is 12.4. The molecule has 1 aromatic carbocycles. The lowest BCUT2D eigenvalue weighted by Crippen LogP contribution is -2.20. The smallest absolute Gasteiger partial charge is 0.153 e. The number of carbonyl (C=O) groups is 1. The molecule has 1 aliphatic rings. The summed E-state index contributed by atoms with van der Waals surface area (Å²) in [4.78, 5) is 23.1. The Morgan fingerprint density at radius 1 is 1.17 bits per heavy atom. The number of thiazole rings is 1. The predicted molar refractivity (Wildman–Crippen MR) is 141 cm³/mol. The predicted octanol–water partition coefficient (Wildman–Crippen LogP) is 5.14. The highest BCUT2D eigenvalue weighted by molar-refractivity contribution is 7.15. The minimum atomic E-state index is 0.156. The second-order valence-electron chi connectivity index (χ2n) is 9.15. The zero-order chi connectivity index (χ0) is 24.4. The van der Waals surface area contributed by atoms with Gasteiger partial charge in [0.1, 0.15) is 5.01 Å². The molecule has 0 saturated carbocycles. The molecule has 3 heterocycles. The third kappa shape index (κ3) is 4.70. The average molecular weight is 486 g/mol. The molecule has 0 radical (unpaired) electrons. The van der Waals surface area contributed by atoms with Crippen LogP contribution in [0.3, 0.4) is 0 Å². The highest BCUT2D eigenvalue weighted by atomic mass is 32.1. The van der Waals surface area contributed by atoms with Gasteiger partial charge in [-0.15, -0.1) is 11.3 Å². The van der Waals surface area contributed by atoms with Gasteiger partial charge in [-0.1, -0.05) is 31.5 Å². The number of benzene rings is 1. The number of aryl methyl sites for hydroxylation is 3. The van der Waals surface area contributed by atoms with Crippen molar-refractivity contribution in [1.29, 1.82) is 0 Å². The molecule has 0 unspecified atom stereocenters. The van der Waals surface area contributed by atoms with Gasteiger partial charge in [-0.05, 0) is 63.4 Å². The standard InChI is InChI=1S/C28H31N5OS/c1-4-8-20-14-13-19(16-30-20)26-22-10-7-11-23-28(35-25(31-23)15-21(34)17-29-3)27(22)33(32-26)24-12-6-5-9-18(24)2/h5-6,9,12-14,16,29H,4,7-8,10-11,15,17H2,1-3H3. The molecule has 0 fully saturated rings. The van der Waals surface area contributed by atoms with Crippen LogP contribution < -0.4 is 5.32 Å². The highest BCUT2D eigenvalue weighted by Crippen LogP contribution is 2.42. The average Bonchev–Trinajstić information content (AvgIpc) is 3.36. The lowest BCUT2D eigenvalue weighted by molar-refractivity contribution is -0.117. The maximum atomic E-state index is 12.3. The van der Waals surface area contributed by atoms with Crippen molar-refractivity contribution >= 4 is 17.1 Å². The van der Waals surface area contributed by atoms with Crippen LogP contribution in [0.4, 0.5) is 0 Å². The second-order valence-corrected chi connectivity index (χ2v) is 10.2. The number of nitrogens with zero attached hydrogens (tertiary/aromatic N) is 4. The summed E-state index contributed by atoms with van der Waals surface area (Å²) >= 11 is 1.64. The summed E-state index contributed by atoms with van der Waals surface area (Å²) in [6.45, 7) is 4.66.